The van der Waals surface area contributed by atoms with Crippen LogP contribution in [0.5, 0.6) is 0 Å². The molecule has 0 aliphatic heterocycles. The minimum absolute atomic E-state index is 0.406. The van der Waals surface area contributed by atoms with Gasteiger partial charge in [-0.1, -0.05) is 6.92 Å². The van der Waals surface area contributed by atoms with Crippen molar-refractivity contribution < 1.29 is 0 Å². The monoisotopic (exact) mass is 326 g/mol. The Morgan fingerprint density at radius 3 is 3.00 bits per heavy atom. The van der Waals surface area contributed by atoms with Gasteiger partial charge in [0.2, 0.25) is 0 Å². The predicted octanol–water partition coefficient (Wildman–Crippen LogP) is 4.42. The molecule has 2 aromatic rings. The highest BCUT2D eigenvalue weighted by molar-refractivity contribution is 9.10. The van der Waals surface area contributed by atoms with Crippen LogP contribution in [0.3, 0.4) is 0 Å². The van der Waals surface area contributed by atoms with E-state index in [9.17, 15) is 0 Å². The van der Waals surface area contributed by atoms with Crippen LogP contribution in [0.25, 0.3) is 0 Å². The summed E-state index contributed by atoms with van der Waals surface area (Å²) in [6, 6.07) is 6.93. The van der Waals surface area contributed by atoms with Crippen LogP contribution in [0, 0.1) is 0 Å². The van der Waals surface area contributed by atoms with Crippen molar-refractivity contribution in [1.82, 2.24) is 9.88 Å². The van der Waals surface area contributed by atoms with Gasteiger partial charge in [-0.15, -0.1) is 11.3 Å². The van der Waals surface area contributed by atoms with E-state index >= 15 is 0 Å². The standard InChI is InChI=1S/C14H19BrN2S/c1-3-6-16-11(2)14-5-4-7-17(14)9-13-8-12(15)10-18-13/h4-5,7-8,10-11,16H,3,6,9H2,1-2H3. The highest BCUT2D eigenvalue weighted by atomic mass is 79.9. The van der Waals surface area contributed by atoms with Gasteiger partial charge in [0.1, 0.15) is 0 Å². The van der Waals surface area contributed by atoms with Crippen LogP contribution < -0.4 is 5.32 Å². The number of thiophene rings is 1. The fourth-order valence-corrected chi connectivity index (χ4v) is 3.48. The Hall–Kier alpha value is -0.580. The Kier molecular flexibility index (Phi) is 5.03. The third kappa shape index (κ3) is 3.46. The van der Waals surface area contributed by atoms with E-state index in [1.807, 2.05) is 0 Å². The SMILES string of the molecule is CCCNC(C)c1cccn1Cc1cc(Br)cs1. The smallest absolute Gasteiger partial charge is 0.0567 e. The minimum Gasteiger partial charge on any atom is -0.345 e. The fraction of sp³-hybridized carbons (Fsp3) is 0.429. The second-order valence-electron chi connectivity index (χ2n) is 4.47. The van der Waals surface area contributed by atoms with Crippen LogP contribution in [0.1, 0.15) is 36.9 Å². The van der Waals surface area contributed by atoms with Gasteiger partial charge in [0.05, 0.1) is 6.54 Å². The molecule has 2 aromatic heterocycles. The maximum atomic E-state index is 3.54. The number of nitrogens with zero attached hydrogens (tertiary/aromatic N) is 1. The molecule has 0 aliphatic rings. The summed E-state index contributed by atoms with van der Waals surface area (Å²) in [5, 5.41) is 5.68. The van der Waals surface area contributed by atoms with Gasteiger partial charge in [-0.05, 0) is 54.0 Å². The van der Waals surface area contributed by atoms with Crippen molar-refractivity contribution in [3.63, 3.8) is 0 Å². The molecular formula is C14H19BrN2S. The molecule has 2 heterocycles. The normalized spacial score (nSPS) is 12.8. The lowest BCUT2D eigenvalue weighted by Gasteiger charge is -2.16. The van der Waals surface area contributed by atoms with E-state index in [4.69, 9.17) is 0 Å². The average molecular weight is 327 g/mol. The number of hydrogen-bond acceptors (Lipinski definition) is 2. The molecule has 0 spiro atoms. The fourth-order valence-electron chi connectivity index (χ4n) is 2.03. The molecule has 1 atom stereocenters. The van der Waals surface area contributed by atoms with Crippen molar-refractivity contribution in [1.29, 1.82) is 0 Å². The molecule has 0 saturated carbocycles. The second kappa shape index (κ2) is 6.55. The molecular weight excluding hydrogens is 308 g/mol. The first-order valence-electron chi connectivity index (χ1n) is 6.32. The highest BCUT2D eigenvalue weighted by Crippen LogP contribution is 2.22. The molecule has 0 saturated heterocycles. The quantitative estimate of drug-likeness (QED) is 0.831. The van der Waals surface area contributed by atoms with Crippen molar-refractivity contribution >= 4 is 27.3 Å². The largest absolute Gasteiger partial charge is 0.345 e. The van der Waals surface area contributed by atoms with Gasteiger partial charge in [-0.25, -0.2) is 0 Å². The van der Waals surface area contributed by atoms with Crippen LogP contribution in [0.4, 0.5) is 0 Å². The molecule has 2 nitrogen and oxygen atoms in total. The van der Waals surface area contributed by atoms with E-state index < -0.39 is 0 Å². The molecule has 0 bridgehead atoms. The third-order valence-corrected chi connectivity index (χ3v) is 4.64. The number of aromatic nitrogens is 1. The summed E-state index contributed by atoms with van der Waals surface area (Å²) in [6.45, 7) is 6.45. The van der Waals surface area contributed by atoms with Crippen LogP contribution in [0.15, 0.2) is 34.2 Å². The Balaban J connectivity index is 2.07. The van der Waals surface area contributed by atoms with Gasteiger partial charge < -0.3 is 9.88 Å². The summed E-state index contributed by atoms with van der Waals surface area (Å²) in [5.74, 6) is 0. The minimum atomic E-state index is 0.406. The zero-order valence-corrected chi connectivity index (χ0v) is 13.2. The van der Waals surface area contributed by atoms with E-state index in [1.54, 1.807) is 11.3 Å². The van der Waals surface area contributed by atoms with Crippen LogP contribution in [-0.2, 0) is 6.54 Å². The highest BCUT2D eigenvalue weighted by Gasteiger charge is 2.09. The summed E-state index contributed by atoms with van der Waals surface area (Å²) in [6.07, 6.45) is 3.33. The molecule has 18 heavy (non-hydrogen) atoms. The Morgan fingerprint density at radius 1 is 1.50 bits per heavy atom. The summed E-state index contributed by atoms with van der Waals surface area (Å²) in [4.78, 5) is 1.38. The average Bonchev–Trinajstić information content (AvgIpc) is 2.96. The molecule has 1 unspecified atom stereocenters. The van der Waals surface area contributed by atoms with E-state index in [2.05, 4.69) is 69.4 Å². The van der Waals surface area contributed by atoms with Crippen molar-refractivity contribution in [3.8, 4) is 0 Å². The van der Waals surface area contributed by atoms with Gasteiger partial charge in [0, 0.05) is 32.7 Å². The number of halogens is 1. The van der Waals surface area contributed by atoms with Crippen LogP contribution in [0.2, 0.25) is 0 Å². The molecule has 0 fully saturated rings. The van der Waals surface area contributed by atoms with E-state index in [-0.39, 0.29) is 0 Å². The topological polar surface area (TPSA) is 17.0 Å². The first-order chi connectivity index (χ1) is 8.70. The third-order valence-electron chi connectivity index (χ3n) is 2.96. The lowest BCUT2D eigenvalue weighted by molar-refractivity contribution is 0.535. The van der Waals surface area contributed by atoms with Crippen molar-refractivity contribution in [3.05, 3.63) is 44.8 Å². The van der Waals surface area contributed by atoms with Crippen molar-refractivity contribution in [2.45, 2.75) is 32.9 Å². The van der Waals surface area contributed by atoms with Gasteiger partial charge >= 0.3 is 0 Å². The van der Waals surface area contributed by atoms with E-state index in [0.717, 1.165) is 13.1 Å². The molecule has 98 valence electrons. The van der Waals surface area contributed by atoms with Crippen LogP contribution >= 0.6 is 27.3 Å². The molecule has 4 heteroatoms. The summed E-state index contributed by atoms with van der Waals surface area (Å²) < 4.78 is 3.50. The first-order valence-corrected chi connectivity index (χ1v) is 7.99. The van der Waals surface area contributed by atoms with Gasteiger partial charge in [0.15, 0.2) is 0 Å². The zero-order chi connectivity index (χ0) is 13.0. The Labute approximate surface area is 121 Å². The van der Waals surface area contributed by atoms with Crippen LogP contribution in [-0.4, -0.2) is 11.1 Å². The molecule has 1 N–H and O–H groups in total. The second-order valence-corrected chi connectivity index (χ2v) is 6.38. The van der Waals surface area contributed by atoms with Gasteiger partial charge in [-0.3, -0.25) is 0 Å². The zero-order valence-electron chi connectivity index (χ0n) is 10.8. The van der Waals surface area contributed by atoms with Crippen molar-refractivity contribution in [2.24, 2.45) is 0 Å². The lowest BCUT2D eigenvalue weighted by Crippen LogP contribution is -2.21. The first kappa shape index (κ1) is 13.8. The Bertz CT molecular complexity index is 489. The molecule has 0 aliphatic carbocycles. The summed E-state index contributed by atoms with van der Waals surface area (Å²) in [7, 11) is 0. The van der Waals surface area contributed by atoms with E-state index in [1.165, 1.54) is 21.5 Å². The maximum Gasteiger partial charge on any atom is 0.0567 e. The van der Waals surface area contributed by atoms with Gasteiger partial charge in [0.25, 0.3) is 0 Å². The maximum absolute atomic E-state index is 3.54. The molecule has 0 amide bonds. The summed E-state index contributed by atoms with van der Waals surface area (Å²) in [5.41, 5.74) is 1.35. The number of hydrogen-bond donors (Lipinski definition) is 1. The number of rotatable bonds is 6. The number of nitrogens with one attached hydrogen (secondary N) is 1. The molecule has 0 aromatic carbocycles. The molecule has 2 rings (SSSR count). The summed E-state index contributed by atoms with van der Waals surface area (Å²) >= 11 is 5.30. The lowest BCUT2D eigenvalue weighted by atomic mass is 10.2. The van der Waals surface area contributed by atoms with E-state index in [0.29, 0.717) is 6.04 Å². The van der Waals surface area contributed by atoms with Gasteiger partial charge in [-0.2, -0.15) is 0 Å². The Morgan fingerprint density at radius 2 is 2.33 bits per heavy atom. The predicted molar refractivity (Wildman–Crippen MR) is 82.3 cm³/mol. The van der Waals surface area contributed by atoms with Crippen molar-refractivity contribution in [2.75, 3.05) is 6.54 Å². The molecule has 0 radical (unpaired) electrons.